The minimum Gasteiger partial charge on any atom is -0.339 e. The van der Waals surface area contributed by atoms with E-state index in [1.165, 1.54) is 4.31 Å². The molecule has 1 unspecified atom stereocenters. The van der Waals surface area contributed by atoms with E-state index in [0.29, 0.717) is 25.4 Å². The van der Waals surface area contributed by atoms with Gasteiger partial charge in [-0.05, 0) is 12.3 Å². The summed E-state index contributed by atoms with van der Waals surface area (Å²) >= 11 is 0. The molecule has 7 nitrogen and oxygen atoms in total. The third kappa shape index (κ3) is 4.20. The summed E-state index contributed by atoms with van der Waals surface area (Å²) in [7, 11) is -3.65. The van der Waals surface area contributed by atoms with E-state index >= 15 is 0 Å². The first-order chi connectivity index (χ1) is 8.21. The smallest absolute Gasteiger partial charge is 0.277 e. The molecule has 1 heterocycles. The van der Waals surface area contributed by atoms with Crippen LogP contribution in [0.3, 0.4) is 0 Å². The number of hydrogen-bond donors (Lipinski definition) is 2. The molecule has 1 atom stereocenters. The van der Waals surface area contributed by atoms with Gasteiger partial charge in [-0.25, -0.2) is 5.14 Å². The van der Waals surface area contributed by atoms with Crippen molar-refractivity contribution in [1.82, 2.24) is 9.21 Å². The van der Waals surface area contributed by atoms with Crippen molar-refractivity contribution in [2.24, 2.45) is 16.8 Å². The molecule has 1 aliphatic heterocycles. The Labute approximate surface area is 108 Å². The van der Waals surface area contributed by atoms with Crippen molar-refractivity contribution in [2.45, 2.75) is 26.3 Å². The van der Waals surface area contributed by atoms with Crippen LogP contribution in [0.2, 0.25) is 0 Å². The Bertz CT molecular complexity index is 388. The van der Waals surface area contributed by atoms with Gasteiger partial charge in [0.15, 0.2) is 0 Å². The van der Waals surface area contributed by atoms with Gasteiger partial charge in [0.05, 0.1) is 6.04 Å². The maximum Gasteiger partial charge on any atom is 0.277 e. The summed E-state index contributed by atoms with van der Waals surface area (Å²) in [5.41, 5.74) is 5.82. The number of amides is 1. The highest BCUT2D eigenvalue weighted by atomic mass is 32.2. The van der Waals surface area contributed by atoms with Crippen LogP contribution in [-0.4, -0.2) is 55.8 Å². The van der Waals surface area contributed by atoms with E-state index in [1.54, 1.807) is 4.90 Å². The predicted octanol–water partition coefficient (Wildman–Crippen LogP) is -1.29. The number of nitrogens with zero attached hydrogens (tertiary/aromatic N) is 2. The summed E-state index contributed by atoms with van der Waals surface area (Å²) in [5.74, 6) is 0.243. The summed E-state index contributed by atoms with van der Waals surface area (Å²) < 4.78 is 23.4. The molecule has 1 rings (SSSR count). The summed E-state index contributed by atoms with van der Waals surface area (Å²) in [6.45, 7) is 5.18. The Morgan fingerprint density at radius 1 is 1.22 bits per heavy atom. The van der Waals surface area contributed by atoms with Crippen LogP contribution in [0.4, 0.5) is 0 Å². The van der Waals surface area contributed by atoms with Gasteiger partial charge in [0.2, 0.25) is 5.91 Å². The molecule has 8 heteroatoms. The van der Waals surface area contributed by atoms with Crippen LogP contribution >= 0.6 is 0 Å². The predicted molar refractivity (Wildman–Crippen MR) is 68.7 cm³/mol. The first-order valence-electron chi connectivity index (χ1n) is 6.04. The monoisotopic (exact) mass is 278 g/mol. The van der Waals surface area contributed by atoms with E-state index in [2.05, 4.69) is 0 Å². The zero-order valence-corrected chi connectivity index (χ0v) is 11.7. The average Bonchev–Trinajstić information content (AvgIpc) is 2.26. The van der Waals surface area contributed by atoms with Gasteiger partial charge < -0.3 is 10.6 Å². The van der Waals surface area contributed by atoms with Crippen molar-refractivity contribution in [2.75, 3.05) is 26.2 Å². The molecular weight excluding hydrogens is 256 g/mol. The zero-order valence-electron chi connectivity index (χ0n) is 10.9. The molecule has 106 valence electrons. The first kappa shape index (κ1) is 15.4. The Morgan fingerprint density at radius 3 is 2.11 bits per heavy atom. The molecule has 0 radical (unpaired) electrons. The van der Waals surface area contributed by atoms with Gasteiger partial charge in [0.25, 0.3) is 10.2 Å². The number of piperazine rings is 1. The van der Waals surface area contributed by atoms with Gasteiger partial charge in [-0.3, -0.25) is 4.79 Å². The minimum atomic E-state index is -3.65. The lowest BCUT2D eigenvalue weighted by atomic mass is 10.0. The van der Waals surface area contributed by atoms with Crippen LogP contribution in [0.5, 0.6) is 0 Å². The molecule has 1 aliphatic rings. The minimum absolute atomic E-state index is 0.113. The lowest BCUT2D eigenvalue weighted by Crippen LogP contribution is -2.55. The summed E-state index contributed by atoms with van der Waals surface area (Å²) in [6, 6.07) is -0.508. The highest BCUT2D eigenvalue weighted by Gasteiger charge is 2.28. The number of nitrogens with two attached hydrogens (primary N) is 2. The van der Waals surface area contributed by atoms with Crippen LogP contribution in [-0.2, 0) is 15.0 Å². The largest absolute Gasteiger partial charge is 0.339 e. The van der Waals surface area contributed by atoms with E-state index in [0.717, 1.165) is 0 Å². The molecule has 0 bridgehead atoms. The van der Waals surface area contributed by atoms with Crippen molar-refractivity contribution in [3.8, 4) is 0 Å². The van der Waals surface area contributed by atoms with E-state index in [-0.39, 0.29) is 19.0 Å². The van der Waals surface area contributed by atoms with Gasteiger partial charge >= 0.3 is 0 Å². The Kier molecular flexibility index (Phi) is 5.09. The van der Waals surface area contributed by atoms with E-state index in [4.69, 9.17) is 10.9 Å². The van der Waals surface area contributed by atoms with Gasteiger partial charge in [-0.2, -0.15) is 12.7 Å². The maximum absolute atomic E-state index is 12.0. The van der Waals surface area contributed by atoms with Crippen LogP contribution in [0.25, 0.3) is 0 Å². The highest BCUT2D eigenvalue weighted by molar-refractivity contribution is 7.86. The molecule has 0 aromatic rings. The second-order valence-electron chi connectivity index (χ2n) is 5.01. The normalized spacial score (nSPS) is 20.2. The zero-order chi connectivity index (χ0) is 13.9. The SMILES string of the molecule is CC(C)CC(N)C(=O)N1CCN(S(N)(=O)=O)CC1. The van der Waals surface area contributed by atoms with Crippen LogP contribution in [0, 0.1) is 5.92 Å². The molecule has 1 saturated heterocycles. The molecule has 4 N–H and O–H groups in total. The summed E-state index contributed by atoms with van der Waals surface area (Å²) in [4.78, 5) is 13.6. The molecule has 0 saturated carbocycles. The molecule has 18 heavy (non-hydrogen) atoms. The number of carbonyl (C=O) groups excluding carboxylic acids is 1. The van der Waals surface area contributed by atoms with Gasteiger partial charge in [-0.15, -0.1) is 0 Å². The van der Waals surface area contributed by atoms with E-state index in [9.17, 15) is 13.2 Å². The quantitative estimate of drug-likeness (QED) is 0.666. The number of rotatable bonds is 4. The molecular formula is C10H22N4O3S. The molecule has 0 aromatic heterocycles. The summed E-state index contributed by atoms with van der Waals surface area (Å²) in [6.07, 6.45) is 0.633. The standard InChI is InChI=1S/C10H22N4O3S/c1-8(2)7-9(11)10(15)13-3-5-14(6-4-13)18(12,16)17/h8-9H,3-7,11H2,1-2H3,(H2,12,16,17). The van der Waals surface area contributed by atoms with Crippen molar-refractivity contribution >= 4 is 16.1 Å². The second kappa shape index (κ2) is 5.96. The lowest BCUT2D eigenvalue weighted by molar-refractivity contribution is -0.134. The van der Waals surface area contributed by atoms with Crippen molar-refractivity contribution in [3.63, 3.8) is 0 Å². The van der Waals surface area contributed by atoms with Crippen LogP contribution in [0.15, 0.2) is 0 Å². The molecule has 1 fully saturated rings. The Morgan fingerprint density at radius 2 is 1.72 bits per heavy atom. The lowest BCUT2D eigenvalue weighted by Gasteiger charge is -2.34. The third-order valence-corrected chi connectivity index (χ3v) is 4.04. The van der Waals surface area contributed by atoms with Crippen LogP contribution in [0.1, 0.15) is 20.3 Å². The topological polar surface area (TPSA) is 110 Å². The van der Waals surface area contributed by atoms with Crippen molar-refractivity contribution in [1.29, 1.82) is 0 Å². The number of hydrogen-bond acceptors (Lipinski definition) is 4. The van der Waals surface area contributed by atoms with Gasteiger partial charge in [-0.1, -0.05) is 13.8 Å². The first-order valence-corrected chi connectivity index (χ1v) is 7.54. The third-order valence-electron chi connectivity index (χ3n) is 2.95. The fourth-order valence-corrected chi connectivity index (χ4v) is 2.68. The number of carbonyl (C=O) groups is 1. The fourth-order valence-electron chi connectivity index (χ4n) is 2.01. The average molecular weight is 278 g/mol. The van der Waals surface area contributed by atoms with E-state index < -0.39 is 16.3 Å². The van der Waals surface area contributed by atoms with Crippen LogP contribution < -0.4 is 10.9 Å². The van der Waals surface area contributed by atoms with Crippen molar-refractivity contribution < 1.29 is 13.2 Å². The maximum atomic E-state index is 12.0. The Balaban J connectivity index is 2.50. The van der Waals surface area contributed by atoms with Crippen molar-refractivity contribution in [3.05, 3.63) is 0 Å². The second-order valence-corrected chi connectivity index (χ2v) is 6.55. The Hall–Kier alpha value is -0.700. The molecule has 0 aromatic carbocycles. The molecule has 1 amide bonds. The van der Waals surface area contributed by atoms with E-state index in [1.807, 2.05) is 13.8 Å². The van der Waals surface area contributed by atoms with Gasteiger partial charge in [0, 0.05) is 26.2 Å². The fraction of sp³-hybridized carbons (Fsp3) is 0.900. The highest BCUT2D eigenvalue weighted by Crippen LogP contribution is 2.09. The molecule has 0 spiro atoms. The van der Waals surface area contributed by atoms with Gasteiger partial charge in [0.1, 0.15) is 0 Å². The summed E-state index contributed by atoms with van der Waals surface area (Å²) in [5, 5.41) is 5.03. The molecule has 0 aliphatic carbocycles.